The summed E-state index contributed by atoms with van der Waals surface area (Å²) in [6, 6.07) is 8.81. The first-order valence-corrected chi connectivity index (χ1v) is 11.9. The molecule has 0 amide bonds. The molecule has 1 heterocycles. The number of hydrogen-bond acceptors (Lipinski definition) is 3. The van der Waals surface area contributed by atoms with Crippen molar-refractivity contribution in [3.63, 3.8) is 0 Å². The van der Waals surface area contributed by atoms with Crippen LogP contribution in [0.25, 0.3) is 0 Å². The number of ether oxygens (including phenoxy) is 1. The van der Waals surface area contributed by atoms with Crippen molar-refractivity contribution in [2.75, 3.05) is 18.1 Å². The Bertz CT molecular complexity index is 424. The van der Waals surface area contributed by atoms with Crippen LogP contribution in [0.3, 0.4) is 0 Å². The maximum absolute atomic E-state index is 5.76. The van der Waals surface area contributed by atoms with Crippen LogP contribution >= 0.6 is 23.5 Å². The molecule has 0 N–H and O–H groups in total. The summed E-state index contributed by atoms with van der Waals surface area (Å²) in [5.74, 6) is 4.61. The quantitative estimate of drug-likeness (QED) is 0.380. The van der Waals surface area contributed by atoms with Gasteiger partial charge in [-0.25, -0.2) is 0 Å². The second-order valence-electron chi connectivity index (χ2n) is 6.84. The van der Waals surface area contributed by atoms with E-state index in [-0.39, 0.29) is 0 Å². The maximum atomic E-state index is 5.76. The van der Waals surface area contributed by atoms with E-state index in [1.54, 1.807) is 0 Å². The zero-order valence-corrected chi connectivity index (χ0v) is 17.1. The molecule has 1 fully saturated rings. The van der Waals surface area contributed by atoms with E-state index in [9.17, 15) is 0 Å². The standard InChI is InChI=1S/C21H34OS2/c1-3-5-7-8-9-10-18-16-23-21(24-17-18)19-11-13-20(14-12-19)22-15-6-4-2/h11-14,18,21H,3-10,15-17H2,1-2H3. The van der Waals surface area contributed by atoms with Crippen molar-refractivity contribution in [2.24, 2.45) is 5.92 Å². The number of benzene rings is 1. The van der Waals surface area contributed by atoms with Crippen molar-refractivity contribution in [1.29, 1.82) is 0 Å². The molecule has 0 saturated carbocycles. The van der Waals surface area contributed by atoms with Crippen LogP contribution in [-0.2, 0) is 0 Å². The topological polar surface area (TPSA) is 9.23 Å². The van der Waals surface area contributed by atoms with Crippen molar-refractivity contribution in [2.45, 2.75) is 69.8 Å². The summed E-state index contributed by atoms with van der Waals surface area (Å²) in [6.45, 7) is 5.32. The third kappa shape index (κ3) is 7.31. The van der Waals surface area contributed by atoms with E-state index in [1.807, 2.05) is 0 Å². The normalized spacial score (nSPS) is 20.9. The van der Waals surface area contributed by atoms with E-state index in [2.05, 4.69) is 61.6 Å². The third-order valence-corrected chi connectivity index (χ3v) is 7.90. The molecule has 1 aromatic rings. The SMILES string of the molecule is CCCCCCCC1CSC(c2ccc(OCCCC)cc2)SC1. The maximum Gasteiger partial charge on any atom is 0.119 e. The molecule has 0 bridgehead atoms. The first-order chi connectivity index (χ1) is 11.8. The summed E-state index contributed by atoms with van der Waals surface area (Å²) >= 11 is 4.28. The average molecular weight is 367 g/mol. The number of hydrogen-bond donors (Lipinski definition) is 0. The Morgan fingerprint density at radius 1 is 0.875 bits per heavy atom. The Morgan fingerprint density at radius 2 is 1.54 bits per heavy atom. The van der Waals surface area contributed by atoms with Gasteiger partial charge < -0.3 is 4.74 Å². The van der Waals surface area contributed by atoms with Crippen LogP contribution in [0.4, 0.5) is 0 Å². The largest absolute Gasteiger partial charge is 0.494 e. The lowest BCUT2D eigenvalue weighted by atomic mass is 10.0. The van der Waals surface area contributed by atoms with E-state index in [1.165, 1.54) is 62.0 Å². The molecular weight excluding hydrogens is 332 g/mol. The van der Waals surface area contributed by atoms with Gasteiger partial charge in [0.2, 0.25) is 0 Å². The van der Waals surface area contributed by atoms with Gasteiger partial charge in [-0.2, -0.15) is 0 Å². The van der Waals surface area contributed by atoms with Gasteiger partial charge in [0.1, 0.15) is 5.75 Å². The summed E-state index contributed by atoms with van der Waals surface area (Å²) in [4.78, 5) is 0. The molecule has 0 unspecified atom stereocenters. The van der Waals surface area contributed by atoms with Gasteiger partial charge in [-0.3, -0.25) is 0 Å². The smallest absolute Gasteiger partial charge is 0.119 e. The molecule has 24 heavy (non-hydrogen) atoms. The van der Waals surface area contributed by atoms with E-state index in [0.717, 1.165) is 24.7 Å². The Balaban J connectivity index is 1.66. The van der Waals surface area contributed by atoms with Crippen LogP contribution in [0.15, 0.2) is 24.3 Å². The van der Waals surface area contributed by atoms with Crippen LogP contribution in [0.2, 0.25) is 0 Å². The van der Waals surface area contributed by atoms with Gasteiger partial charge in [0.15, 0.2) is 0 Å². The van der Waals surface area contributed by atoms with Crippen LogP contribution in [0, 0.1) is 5.92 Å². The van der Waals surface area contributed by atoms with Gasteiger partial charge in [-0.1, -0.05) is 64.5 Å². The summed E-state index contributed by atoms with van der Waals surface area (Å²) in [5.41, 5.74) is 1.45. The van der Waals surface area contributed by atoms with Crippen LogP contribution in [-0.4, -0.2) is 18.1 Å². The molecule has 1 aliphatic heterocycles. The summed E-state index contributed by atoms with van der Waals surface area (Å²) in [5, 5.41) is 0. The molecule has 1 aliphatic rings. The highest BCUT2D eigenvalue weighted by atomic mass is 32.2. The molecule has 0 radical (unpaired) electrons. The Kier molecular flexibility index (Phi) is 10.1. The molecule has 1 aromatic carbocycles. The molecule has 136 valence electrons. The number of unbranched alkanes of at least 4 members (excludes halogenated alkanes) is 5. The molecule has 1 saturated heterocycles. The lowest BCUT2D eigenvalue weighted by Gasteiger charge is -2.28. The lowest BCUT2D eigenvalue weighted by molar-refractivity contribution is 0.309. The molecule has 3 heteroatoms. The van der Waals surface area contributed by atoms with Crippen molar-refractivity contribution >= 4 is 23.5 Å². The van der Waals surface area contributed by atoms with Crippen LogP contribution < -0.4 is 4.74 Å². The van der Waals surface area contributed by atoms with Gasteiger partial charge in [0.05, 0.1) is 11.2 Å². The summed E-state index contributed by atoms with van der Waals surface area (Å²) in [6.07, 6.45) is 10.8. The molecule has 0 aromatic heterocycles. The average Bonchev–Trinajstić information content (AvgIpc) is 2.63. The minimum atomic E-state index is 0.617. The second-order valence-corrected chi connectivity index (χ2v) is 9.41. The van der Waals surface area contributed by atoms with Crippen molar-refractivity contribution in [1.82, 2.24) is 0 Å². The Morgan fingerprint density at radius 3 is 2.21 bits per heavy atom. The highest BCUT2D eigenvalue weighted by molar-refractivity contribution is 8.16. The predicted octanol–water partition coefficient (Wildman–Crippen LogP) is 7.32. The molecule has 1 nitrogen and oxygen atoms in total. The Hall–Kier alpha value is -0.280. The van der Waals surface area contributed by atoms with Crippen molar-refractivity contribution in [3.8, 4) is 5.75 Å². The van der Waals surface area contributed by atoms with E-state index in [0.29, 0.717) is 4.58 Å². The first-order valence-electron chi connectivity index (χ1n) is 9.79. The van der Waals surface area contributed by atoms with Gasteiger partial charge in [-0.15, -0.1) is 23.5 Å². The van der Waals surface area contributed by atoms with Crippen LogP contribution in [0.1, 0.15) is 75.4 Å². The monoisotopic (exact) mass is 366 g/mol. The van der Waals surface area contributed by atoms with Crippen molar-refractivity contribution in [3.05, 3.63) is 29.8 Å². The van der Waals surface area contributed by atoms with E-state index < -0.39 is 0 Å². The van der Waals surface area contributed by atoms with E-state index >= 15 is 0 Å². The lowest BCUT2D eigenvalue weighted by Crippen LogP contribution is -2.14. The fourth-order valence-electron chi connectivity index (χ4n) is 2.99. The highest BCUT2D eigenvalue weighted by Gasteiger charge is 2.23. The zero-order valence-electron chi connectivity index (χ0n) is 15.5. The van der Waals surface area contributed by atoms with Gasteiger partial charge >= 0.3 is 0 Å². The second kappa shape index (κ2) is 12.1. The fourth-order valence-corrected chi connectivity index (χ4v) is 6.16. The third-order valence-electron chi connectivity index (χ3n) is 4.60. The predicted molar refractivity (Wildman–Crippen MR) is 111 cm³/mol. The minimum Gasteiger partial charge on any atom is -0.494 e. The molecule has 0 atom stereocenters. The van der Waals surface area contributed by atoms with Crippen molar-refractivity contribution < 1.29 is 4.74 Å². The molecule has 2 rings (SSSR count). The minimum absolute atomic E-state index is 0.617. The molecule has 0 aliphatic carbocycles. The number of rotatable bonds is 11. The Labute approximate surface area is 157 Å². The highest BCUT2D eigenvalue weighted by Crippen LogP contribution is 2.46. The van der Waals surface area contributed by atoms with Crippen LogP contribution in [0.5, 0.6) is 5.75 Å². The summed E-state index contributed by atoms with van der Waals surface area (Å²) in [7, 11) is 0. The van der Waals surface area contributed by atoms with Gasteiger partial charge in [-0.05, 0) is 48.0 Å². The molecular formula is C21H34OS2. The summed E-state index contributed by atoms with van der Waals surface area (Å²) < 4.78 is 6.38. The van der Waals surface area contributed by atoms with Gasteiger partial charge in [0.25, 0.3) is 0 Å². The zero-order chi connectivity index (χ0) is 17.0. The number of thioether (sulfide) groups is 2. The van der Waals surface area contributed by atoms with E-state index in [4.69, 9.17) is 4.74 Å². The molecule has 0 spiro atoms. The van der Waals surface area contributed by atoms with Gasteiger partial charge in [0, 0.05) is 0 Å². The fraction of sp³-hybridized carbons (Fsp3) is 0.714. The first kappa shape index (κ1) is 20.0.